The van der Waals surface area contributed by atoms with Gasteiger partial charge in [0.15, 0.2) is 0 Å². The highest BCUT2D eigenvalue weighted by Crippen LogP contribution is 2.20. The van der Waals surface area contributed by atoms with Gasteiger partial charge in [0.25, 0.3) is 5.91 Å². The number of methoxy groups -OCH3 is 1. The van der Waals surface area contributed by atoms with Gasteiger partial charge in [0.05, 0.1) is 23.8 Å². The molecular formula is C16H12FN3O3. The molecule has 0 aliphatic heterocycles. The summed E-state index contributed by atoms with van der Waals surface area (Å²) >= 11 is 0. The number of fused-ring (bicyclic) bond motifs is 1. The Kier molecular flexibility index (Phi) is 3.76. The van der Waals surface area contributed by atoms with Gasteiger partial charge in [-0.2, -0.15) is 0 Å². The lowest BCUT2D eigenvalue weighted by molar-refractivity contribution is 0.0602. The number of rotatable bonds is 3. The maximum absolute atomic E-state index is 13.6. The molecule has 2 aromatic carbocycles. The average molecular weight is 313 g/mol. The van der Waals surface area contributed by atoms with Crippen molar-refractivity contribution in [1.29, 1.82) is 0 Å². The quantitative estimate of drug-likeness (QED) is 0.728. The Morgan fingerprint density at radius 3 is 2.61 bits per heavy atom. The van der Waals surface area contributed by atoms with Crippen LogP contribution in [-0.2, 0) is 4.74 Å². The van der Waals surface area contributed by atoms with Gasteiger partial charge in [-0.15, -0.1) is 0 Å². The Balaban J connectivity index is 1.94. The summed E-state index contributed by atoms with van der Waals surface area (Å²) in [5.74, 6) is -1.68. The van der Waals surface area contributed by atoms with Gasteiger partial charge in [-0.05, 0) is 24.3 Å². The molecule has 0 fully saturated rings. The predicted octanol–water partition coefficient (Wildman–Crippen LogP) is 2.74. The van der Waals surface area contributed by atoms with Crippen LogP contribution < -0.4 is 5.32 Å². The van der Waals surface area contributed by atoms with Crippen LogP contribution >= 0.6 is 0 Å². The summed E-state index contributed by atoms with van der Waals surface area (Å²) in [5.41, 5.74) is 1.09. The van der Waals surface area contributed by atoms with E-state index in [9.17, 15) is 14.0 Å². The number of hydrogen-bond donors (Lipinski definition) is 2. The highest BCUT2D eigenvalue weighted by molar-refractivity contribution is 6.06. The number of nitrogens with zero attached hydrogens (tertiary/aromatic N) is 1. The Morgan fingerprint density at radius 1 is 1.13 bits per heavy atom. The van der Waals surface area contributed by atoms with Crippen molar-refractivity contribution < 1.29 is 18.7 Å². The van der Waals surface area contributed by atoms with Crippen LogP contribution in [0.1, 0.15) is 20.7 Å². The van der Waals surface area contributed by atoms with Crippen LogP contribution in [0.25, 0.3) is 11.0 Å². The minimum absolute atomic E-state index is 0.0962. The monoisotopic (exact) mass is 313 g/mol. The molecule has 7 heteroatoms. The molecule has 0 bridgehead atoms. The maximum Gasteiger partial charge on any atom is 0.340 e. The first kappa shape index (κ1) is 14.7. The number of benzene rings is 2. The summed E-state index contributed by atoms with van der Waals surface area (Å²) in [6, 6.07) is 10.6. The molecule has 0 saturated heterocycles. The number of ether oxygens (including phenoxy) is 1. The van der Waals surface area contributed by atoms with E-state index in [1.807, 2.05) is 0 Å². The van der Waals surface area contributed by atoms with E-state index in [4.69, 9.17) is 4.74 Å². The van der Waals surface area contributed by atoms with Gasteiger partial charge in [0.1, 0.15) is 11.3 Å². The van der Waals surface area contributed by atoms with Crippen LogP contribution in [0.15, 0.2) is 42.5 Å². The molecule has 116 valence electrons. The number of aromatic amines is 1. The average Bonchev–Trinajstić information content (AvgIpc) is 2.96. The van der Waals surface area contributed by atoms with Gasteiger partial charge in [-0.1, -0.05) is 18.2 Å². The fourth-order valence-corrected chi connectivity index (χ4v) is 2.19. The molecule has 0 saturated carbocycles. The first-order valence-corrected chi connectivity index (χ1v) is 6.73. The molecule has 1 heterocycles. The number of hydrogen-bond acceptors (Lipinski definition) is 4. The Morgan fingerprint density at radius 2 is 1.87 bits per heavy atom. The molecule has 6 nitrogen and oxygen atoms in total. The van der Waals surface area contributed by atoms with Gasteiger partial charge in [0.2, 0.25) is 5.95 Å². The van der Waals surface area contributed by atoms with E-state index in [2.05, 4.69) is 15.3 Å². The Labute approximate surface area is 130 Å². The second-order valence-electron chi connectivity index (χ2n) is 4.71. The third-order valence-corrected chi connectivity index (χ3v) is 3.27. The summed E-state index contributed by atoms with van der Waals surface area (Å²) < 4.78 is 18.3. The first-order valence-electron chi connectivity index (χ1n) is 6.73. The van der Waals surface area contributed by atoms with Crippen molar-refractivity contribution in [2.24, 2.45) is 0 Å². The van der Waals surface area contributed by atoms with E-state index < -0.39 is 17.7 Å². The fraction of sp³-hybridized carbons (Fsp3) is 0.0625. The summed E-state index contributed by atoms with van der Waals surface area (Å²) in [5, 5.41) is 2.47. The van der Waals surface area contributed by atoms with E-state index in [1.54, 1.807) is 24.3 Å². The van der Waals surface area contributed by atoms with E-state index in [1.165, 1.54) is 25.3 Å². The van der Waals surface area contributed by atoms with Gasteiger partial charge in [0, 0.05) is 0 Å². The predicted molar refractivity (Wildman–Crippen MR) is 81.8 cm³/mol. The first-order chi connectivity index (χ1) is 11.1. The molecule has 0 atom stereocenters. The van der Waals surface area contributed by atoms with Crippen LogP contribution in [0.5, 0.6) is 0 Å². The Bertz CT molecular complexity index is 904. The van der Waals surface area contributed by atoms with Crippen LogP contribution in [0.3, 0.4) is 0 Å². The minimum Gasteiger partial charge on any atom is -0.465 e. The highest BCUT2D eigenvalue weighted by Gasteiger charge is 2.16. The second-order valence-corrected chi connectivity index (χ2v) is 4.71. The van der Waals surface area contributed by atoms with Crippen molar-refractivity contribution in [2.75, 3.05) is 12.4 Å². The molecule has 3 aromatic rings. The van der Waals surface area contributed by atoms with Gasteiger partial charge < -0.3 is 9.72 Å². The highest BCUT2D eigenvalue weighted by atomic mass is 19.1. The third kappa shape index (κ3) is 2.76. The van der Waals surface area contributed by atoms with Crippen molar-refractivity contribution >= 4 is 28.9 Å². The number of nitrogens with one attached hydrogen (secondary N) is 2. The van der Waals surface area contributed by atoms with Crippen molar-refractivity contribution in [3.8, 4) is 0 Å². The number of halogens is 1. The number of carbonyl (C=O) groups excluding carboxylic acids is 2. The summed E-state index contributed by atoms with van der Waals surface area (Å²) in [6.07, 6.45) is 0. The molecule has 0 radical (unpaired) electrons. The number of carbonyl (C=O) groups is 2. The van der Waals surface area contributed by atoms with Crippen molar-refractivity contribution in [3.63, 3.8) is 0 Å². The summed E-state index contributed by atoms with van der Waals surface area (Å²) in [6.45, 7) is 0. The minimum atomic E-state index is -0.637. The number of esters is 1. The number of para-hydroxylation sites is 1. The third-order valence-electron chi connectivity index (χ3n) is 3.27. The second kappa shape index (κ2) is 5.88. The van der Waals surface area contributed by atoms with Crippen molar-refractivity contribution in [2.45, 2.75) is 0 Å². The van der Waals surface area contributed by atoms with Crippen molar-refractivity contribution in [3.05, 3.63) is 59.4 Å². The molecule has 2 N–H and O–H groups in total. The van der Waals surface area contributed by atoms with E-state index in [-0.39, 0.29) is 17.1 Å². The number of imidazole rings is 1. The zero-order valence-electron chi connectivity index (χ0n) is 12.1. The molecule has 1 amide bonds. The van der Waals surface area contributed by atoms with E-state index >= 15 is 0 Å². The lowest BCUT2D eigenvalue weighted by Gasteiger charge is -2.02. The molecule has 0 unspecified atom stereocenters. The molecule has 0 spiro atoms. The fourth-order valence-electron chi connectivity index (χ4n) is 2.19. The number of anilines is 1. The van der Waals surface area contributed by atoms with E-state index in [0.29, 0.717) is 11.0 Å². The lowest BCUT2D eigenvalue weighted by Crippen LogP contribution is -2.14. The Hall–Kier alpha value is -3.22. The maximum atomic E-state index is 13.6. The number of amides is 1. The van der Waals surface area contributed by atoms with E-state index in [0.717, 1.165) is 0 Å². The topological polar surface area (TPSA) is 84.1 Å². The van der Waals surface area contributed by atoms with Crippen LogP contribution in [0.2, 0.25) is 0 Å². The van der Waals surface area contributed by atoms with Gasteiger partial charge in [-0.25, -0.2) is 14.2 Å². The summed E-state index contributed by atoms with van der Waals surface area (Å²) in [4.78, 5) is 30.8. The standard InChI is InChI=1S/C16H12FN3O3/c1-23-15(22)10-6-4-8-12-13(10)19-16(18-12)20-14(21)9-5-2-3-7-11(9)17/h2-8H,1H3,(H2,18,19,20,21). The SMILES string of the molecule is COC(=O)c1cccc2[nH]c(NC(=O)c3ccccc3F)nc12. The largest absolute Gasteiger partial charge is 0.465 e. The normalized spacial score (nSPS) is 10.5. The van der Waals surface area contributed by atoms with Crippen LogP contribution in [0.4, 0.5) is 10.3 Å². The zero-order chi connectivity index (χ0) is 16.4. The van der Waals surface area contributed by atoms with Crippen molar-refractivity contribution in [1.82, 2.24) is 9.97 Å². The number of H-pyrrole nitrogens is 1. The molecule has 1 aromatic heterocycles. The number of aromatic nitrogens is 2. The van der Waals surface area contributed by atoms with Gasteiger partial charge in [-0.3, -0.25) is 10.1 Å². The molecule has 0 aliphatic rings. The zero-order valence-corrected chi connectivity index (χ0v) is 12.1. The smallest absolute Gasteiger partial charge is 0.340 e. The summed E-state index contributed by atoms with van der Waals surface area (Å²) in [7, 11) is 1.27. The van der Waals surface area contributed by atoms with Crippen LogP contribution in [-0.4, -0.2) is 29.0 Å². The molecule has 3 rings (SSSR count). The lowest BCUT2D eigenvalue weighted by atomic mass is 10.2. The molecular weight excluding hydrogens is 301 g/mol. The molecule has 0 aliphatic carbocycles. The van der Waals surface area contributed by atoms with Crippen LogP contribution in [0, 0.1) is 5.82 Å². The van der Waals surface area contributed by atoms with Gasteiger partial charge >= 0.3 is 5.97 Å². The molecule has 23 heavy (non-hydrogen) atoms.